The lowest BCUT2D eigenvalue weighted by Gasteiger charge is -2.29. The van der Waals surface area contributed by atoms with E-state index in [4.69, 9.17) is 21.1 Å². The molecule has 21 heavy (non-hydrogen) atoms. The lowest BCUT2D eigenvalue weighted by molar-refractivity contribution is -0.222. The van der Waals surface area contributed by atoms with E-state index in [2.05, 4.69) is 4.98 Å². The lowest BCUT2D eigenvalue weighted by Crippen LogP contribution is -2.41. The number of imidazole rings is 1. The van der Waals surface area contributed by atoms with Crippen molar-refractivity contribution in [3.05, 3.63) is 27.5 Å². The van der Waals surface area contributed by atoms with Gasteiger partial charge in [-0.05, 0) is 13.0 Å². The molecule has 0 unspecified atom stereocenters. The maximum Gasteiger partial charge on any atom is 0.348 e. The minimum absolute atomic E-state index is 0.205. The van der Waals surface area contributed by atoms with E-state index in [1.807, 2.05) is 12.3 Å². The van der Waals surface area contributed by atoms with E-state index in [-0.39, 0.29) is 10.7 Å². The molecule has 0 aliphatic carbocycles. The second-order valence-electron chi connectivity index (χ2n) is 5.02. The summed E-state index contributed by atoms with van der Waals surface area (Å²) in [7, 11) is 0. The number of cyclic esters (lactones) is 2. The molecule has 3 rings (SSSR count). The molecule has 8 heteroatoms. The van der Waals surface area contributed by atoms with E-state index >= 15 is 0 Å². The molecule has 0 spiro atoms. The summed E-state index contributed by atoms with van der Waals surface area (Å²) in [5.74, 6) is -2.74. The van der Waals surface area contributed by atoms with Crippen LogP contribution in [0.1, 0.15) is 25.2 Å². The van der Waals surface area contributed by atoms with Gasteiger partial charge in [-0.3, -0.25) is 4.40 Å². The monoisotopic (exact) mass is 326 g/mol. The predicted molar refractivity (Wildman–Crippen MR) is 77.1 cm³/mol. The van der Waals surface area contributed by atoms with Gasteiger partial charge in [-0.25, -0.2) is 14.6 Å². The molecule has 2 aromatic rings. The fraction of sp³-hybridized carbons (Fsp3) is 0.308. The van der Waals surface area contributed by atoms with Crippen LogP contribution in [0.4, 0.5) is 0 Å². The Balaban J connectivity index is 2.12. The van der Waals surface area contributed by atoms with Crippen molar-refractivity contribution >= 4 is 45.9 Å². The quantitative estimate of drug-likeness (QED) is 0.457. The molecule has 110 valence electrons. The summed E-state index contributed by atoms with van der Waals surface area (Å²) in [6, 6.07) is 0. The van der Waals surface area contributed by atoms with Crippen molar-refractivity contribution < 1.29 is 19.1 Å². The van der Waals surface area contributed by atoms with Gasteiger partial charge in [0.15, 0.2) is 10.1 Å². The molecule has 0 bridgehead atoms. The third kappa shape index (κ3) is 2.32. The van der Waals surface area contributed by atoms with Gasteiger partial charge < -0.3 is 9.47 Å². The molecule has 0 saturated carbocycles. The van der Waals surface area contributed by atoms with Crippen molar-refractivity contribution in [2.45, 2.75) is 26.6 Å². The normalized spacial score (nSPS) is 17.8. The Morgan fingerprint density at radius 3 is 2.57 bits per heavy atom. The zero-order valence-electron chi connectivity index (χ0n) is 11.5. The van der Waals surface area contributed by atoms with Crippen molar-refractivity contribution in [2.24, 2.45) is 0 Å². The number of aryl methyl sites for hydroxylation is 1. The average molecular weight is 327 g/mol. The first-order chi connectivity index (χ1) is 9.78. The summed E-state index contributed by atoms with van der Waals surface area (Å²) in [5.41, 5.74) is 1.15. The molecule has 1 aliphatic rings. The Morgan fingerprint density at radius 1 is 1.33 bits per heavy atom. The van der Waals surface area contributed by atoms with Gasteiger partial charge in [-0.15, -0.1) is 11.3 Å². The van der Waals surface area contributed by atoms with Gasteiger partial charge in [0.2, 0.25) is 0 Å². The number of nitrogens with zero attached hydrogens (tertiary/aromatic N) is 2. The number of rotatable bonds is 1. The van der Waals surface area contributed by atoms with Crippen LogP contribution in [0.25, 0.3) is 11.0 Å². The largest absolute Gasteiger partial charge is 0.419 e. The van der Waals surface area contributed by atoms with Gasteiger partial charge in [0.1, 0.15) is 5.57 Å². The van der Waals surface area contributed by atoms with Crippen LogP contribution in [0.5, 0.6) is 0 Å². The molecule has 0 radical (unpaired) electrons. The third-order valence-electron chi connectivity index (χ3n) is 2.92. The minimum Gasteiger partial charge on any atom is -0.419 e. The fourth-order valence-corrected chi connectivity index (χ4v) is 3.18. The van der Waals surface area contributed by atoms with Gasteiger partial charge in [-0.2, -0.15) is 0 Å². The van der Waals surface area contributed by atoms with Crippen LogP contribution < -0.4 is 0 Å². The Kier molecular flexibility index (Phi) is 3.07. The number of fused-ring (bicyclic) bond motifs is 1. The number of carbonyl (C=O) groups excluding carboxylic acids is 2. The molecule has 6 nitrogen and oxygen atoms in total. The average Bonchev–Trinajstić information content (AvgIpc) is 2.84. The second kappa shape index (κ2) is 4.57. The highest BCUT2D eigenvalue weighted by Gasteiger charge is 2.39. The van der Waals surface area contributed by atoms with E-state index in [0.29, 0.717) is 10.7 Å². The zero-order valence-corrected chi connectivity index (χ0v) is 13.0. The highest BCUT2D eigenvalue weighted by Crippen LogP contribution is 2.29. The molecule has 0 N–H and O–H groups in total. The van der Waals surface area contributed by atoms with Crippen molar-refractivity contribution in [2.75, 3.05) is 0 Å². The van der Waals surface area contributed by atoms with Crippen molar-refractivity contribution in [1.29, 1.82) is 0 Å². The first-order valence-corrected chi connectivity index (χ1v) is 7.35. The van der Waals surface area contributed by atoms with E-state index in [1.54, 1.807) is 4.40 Å². The standard InChI is InChI=1S/C13H11ClN2O4S/c1-6-5-21-12-15-9(14)8(16(6)12)4-7-10(17)19-13(2,3)20-11(7)18/h4-5H,1-3H3. The molecule has 3 heterocycles. The van der Waals surface area contributed by atoms with E-state index in [0.717, 1.165) is 5.69 Å². The van der Waals surface area contributed by atoms with Crippen LogP contribution >= 0.6 is 22.9 Å². The molecule has 0 aromatic carbocycles. The molecule has 1 aliphatic heterocycles. The summed E-state index contributed by atoms with van der Waals surface area (Å²) in [6.45, 7) is 4.86. The Labute approximate surface area is 128 Å². The van der Waals surface area contributed by atoms with Crippen molar-refractivity contribution in [1.82, 2.24) is 9.38 Å². The van der Waals surface area contributed by atoms with E-state index < -0.39 is 17.7 Å². The first kappa shape index (κ1) is 14.1. The lowest BCUT2D eigenvalue weighted by atomic mass is 10.2. The summed E-state index contributed by atoms with van der Waals surface area (Å²) >= 11 is 7.50. The highest BCUT2D eigenvalue weighted by atomic mass is 35.5. The molecule has 1 fully saturated rings. The summed E-state index contributed by atoms with van der Waals surface area (Å²) in [4.78, 5) is 28.8. The maximum atomic E-state index is 12.0. The van der Waals surface area contributed by atoms with Crippen LogP contribution in [0.15, 0.2) is 11.0 Å². The number of hydrogen-bond acceptors (Lipinski definition) is 6. The van der Waals surface area contributed by atoms with Gasteiger partial charge in [0.25, 0.3) is 5.79 Å². The fourth-order valence-electron chi connectivity index (χ4n) is 2.04. The molecule has 0 atom stereocenters. The van der Waals surface area contributed by atoms with Crippen LogP contribution in [-0.2, 0) is 19.1 Å². The maximum absolute atomic E-state index is 12.0. The summed E-state index contributed by atoms with van der Waals surface area (Å²) in [6.07, 6.45) is 1.35. The van der Waals surface area contributed by atoms with E-state index in [1.165, 1.54) is 31.3 Å². The Bertz CT molecular complexity index is 781. The number of thiazole rings is 1. The molecular weight excluding hydrogens is 316 g/mol. The SMILES string of the molecule is Cc1csc2nc(Cl)c(C=C3C(=O)OC(C)(C)OC3=O)n12. The van der Waals surface area contributed by atoms with Crippen LogP contribution in [0.3, 0.4) is 0 Å². The van der Waals surface area contributed by atoms with Crippen molar-refractivity contribution in [3.63, 3.8) is 0 Å². The number of ether oxygens (including phenoxy) is 2. The number of halogens is 1. The summed E-state index contributed by atoms with van der Waals surface area (Å²) in [5, 5.41) is 2.12. The van der Waals surface area contributed by atoms with Crippen LogP contribution in [0.2, 0.25) is 5.15 Å². The van der Waals surface area contributed by atoms with Gasteiger partial charge in [0, 0.05) is 24.9 Å². The van der Waals surface area contributed by atoms with Gasteiger partial charge in [-0.1, -0.05) is 11.6 Å². The highest BCUT2D eigenvalue weighted by molar-refractivity contribution is 7.15. The predicted octanol–water partition coefficient (Wildman–Crippen LogP) is 2.58. The number of hydrogen-bond donors (Lipinski definition) is 0. The molecule has 2 aromatic heterocycles. The molecule has 1 saturated heterocycles. The van der Waals surface area contributed by atoms with Gasteiger partial charge >= 0.3 is 11.9 Å². The summed E-state index contributed by atoms with van der Waals surface area (Å²) < 4.78 is 11.9. The Hall–Kier alpha value is -1.86. The van der Waals surface area contributed by atoms with Gasteiger partial charge in [0.05, 0.1) is 5.69 Å². The Morgan fingerprint density at radius 2 is 1.95 bits per heavy atom. The number of esters is 2. The smallest absolute Gasteiger partial charge is 0.348 e. The van der Waals surface area contributed by atoms with Crippen LogP contribution in [-0.4, -0.2) is 27.1 Å². The zero-order chi connectivity index (χ0) is 15.4. The molecule has 0 amide bonds. The third-order valence-corrected chi connectivity index (χ3v) is 4.14. The number of carbonyl (C=O) groups is 2. The van der Waals surface area contributed by atoms with Crippen molar-refractivity contribution in [3.8, 4) is 0 Å². The molecular formula is C13H11ClN2O4S. The topological polar surface area (TPSA) is 69.9 Å². The van der Waals surface area contributed by atoms with Crippen LogP contribution in [0, 0.1) is 6.92 Å². The number of aromatic nitrogens is 2. The second-order valence-corrected chi connectivity index (χ2v) is 6.21. The van der Waals surface area contributed by atoms with E-state index in [9.17, 15) is 9.59 Å². The first-order valence-electron chi connectivity index (χ1n) is 6.09. The minimum atomic E-state index is -1.26.